The van der Waals surface area contributed by atoms with E-state index in [1.165, 1.54) is 6.07 Å². The number of para-hydroxylation sites is 1. The molecule has 0 aliphatic carbocycles. The van der Waals surface area contributed by atoms with Gasteiger partial charge in [0.05, 0.1) is 18.4 Å². The van der Waals surface area contributed by atoms with Gasteiger partial charge in [-0.05, 0) is 29.8 Å². The number of carboxylic acid groups (broad SMARTS) is 1. The van der Waals surface area contributed by atoms with Gasteiger partial charge in [-0.1, -0.05) is 48.5 Å². The highest BCUT2D eigenvalue weighted by Crippen LogP contribution is 2.27. The molecule has 138 valence electrons. The van der Waals surface area contributed by atoms with Crippen molar-refractivity contribution in [3.8, 4) is 11.5 Å². The number of benzene rings is 3. The van der Waals surface area contributed by atoms with Crippen LogP contribution in [0.25, 0.3) is 0 Å². The molecule has 2 N–H and O–H groups in total. The highest BCUT2D eigenvalue weighted by molar-refractivity contribution is 5.89. The molecule has 0 saturated heterocycles. The van der Waals surface area contributed by atoms with Crippen molar-refractivity contribution in [2.75, 3.05) is 12.4 Å². The van der Waals surface area contributed by atoms with E-state index in [0.717, 1.165) is 16.9 Å². The second kappa shape index (κ2) is 8.76. The Hall–Kier alpha value is -3.47. The zero-order valence-electron chi connectivity index (χ0n) is 15.0. The van der Waals surface area contributed by atoms with Gasteiger partial charge in [-0.15, -0.1) is 0 Å². The Morgan fingerprint density at radius 1 is 0.963 bits per heavy atom. The Balaban J connectivity index is 1.73. The highest BCUT2D eigenvalue weighted by atomic mass is 16.5. The Morgan fingerprint density at radius 3 is 2.44 bits per heavy atom. The van der Waals surface area contributed by atoms with Gasteiger partial charge < -0.3 is 19.9 Å². The monoisotopic (exact) mass is 363 g/mol. The van der Waals surface area contributed by atoms with E-state index in [1.54, 1.807) is 19.2 Å². The van der Waals surface area contributed by atoms with Crippen LogP contribution >= 0.6 is 0 Å². The van der Waals surface area contributed by atoms with E-state index in [0.29, 0.717) is 24.6 Å². The van der Waals surface area contributed by atoms with Crippen LogP contribution in [0.2, 0.25) is 0 Å². The molecular weight excluding hydrogens is 342 g/mol. The van der Waals surface area contributed by atoms with Crippen molar-refractivity contribution in [2.45, 2.75) is 13.2 Å². The fourth-order valence-electron chi connectivity index (χ4n) is 2.70. The van der Waals surface area contributed by atoms with Crippen molar-refractivity contribution in [3.63, 3.8) is 0 Å². The molecule has 3 rings (SSSR count). The molecule has 0 spiro atoms. The number of aromatic carboxylic acids is 1. The first-order chi connectivity index (χ1) is 13.2. The normalized spacial score (nSPS) is 10.3. The van der Waals surface area contributed by atoms with Gasteiger partial charge in [0.15, 0.2) is 0 Å². The molecule has 0 saturated carbocycles. The summed E-state index contributed by atoms with van der Waals surface area (Å²) in [4.78, 5) is 11.2. The summed E-state index contributed by atoms with van der Waals surface area (Å²) in [7, 11) is 1.55. The predicted molar refractivity (Wildman–Crippen MR) is 104 cm³/mol. The van der Waals surface area contributed by atoms with Crippen LogP contribution in [-0.4, -0.2) is 18.2 Å². The third-order valence-corrected chi connectivity index (χ3v) is 4.13. The number of ether oxygens (including phenoxy) is 2. The van der Waals surface area contributed by atoms with Crippen LogP contribution in [0.3, 0.4) is 0 Å². The fourth-order valence-corrected chi connectivity index (χ4v) is 2.70. The van der Waals surface area contributed by atoms with Crippen molar-refractivity contribution in [2.24, 2.45) is 0 Å². The summed E-state index contributed by atoms with van der Waals surface area (Å²) < 4.78 is 11.3. The summed E-state index contributed by atoms with van der Waals surface area (Å²) >= 11 is 0. The lowest BCUT2D eigenvalue weighted by Gasteiger charge is -2.15. The third kappa shape index (κ3) is 4.79. The smallest absolute Gasteiger partial charge is 0.335 e. The molecule has 0 heterocycles. The number of rotatable bonds is 8. The van der Waals surface area contributed by atoms with Gasteiger partial charge in [0.1, 0.15) is 18.1 Å². The molecule has 0 unspecified atom stereocenters. The van der Waals surface area contributed by atoms with Crippen LogP contribution < -0.4 is 14.8 Å². The van der Waals surface area contributed by atoms with Gasteiger partial charge in [-0.2, -0.15) is 0 Å². The number of anilines is 1. The minimum Gasteiger partial charge on any atom is -0.495 e. The van der Waals surface area contributed by atoms with Gasteiger partial charge in [0.25, 0.3) is 0 Å². The number of hydrogen-bond donors (Lipinski definition) is 2. The number of carboxylic acids is 1. The Labute approximate surface area is 158 Å². The summed E-state index contributed by atoms with van der Waals surface area (Å²) in [5, 5.41) is 12.4. The summed E-state index contributed by atoms with van der Waals surface area (Å²) in [5.41, 5.74) is 2.88. The van der Waals surface area contributed by atoms with Crippen molar-refractivity contribution in [1.82, 2.24) is 0 Å². The molecule has 0 amide bonds. The van der Waals surface area contributed by atoms with Crippen LogP contribution in [0, 0.1) is 0 Å². The molecule has 3 aromatic rings. The molecule has 5 nitrogen and oxygen atoms in total. The molecule has 0 aliphatic rings. The summed E-state index contributed by atoms with van der Waals surface area (Å²) in [5.74, 6) is 0.386. The lowest BCUT2D eigenvalue weighted by Crippen LogP contribution is -2.06. The average molecular weight is 363 g/mol. The Kier molecular flexibility index (Phi) is 5.94. The molecule has 0 fully saturated rings. The van der Waals surface area contributed by atoms with Gasteiger partial charge >= 0.3 is 5.97 Å². The van der Waals surface area contributed by atoms with E-state index in [2.05, 4.69) is 5.32 Å². The zero-order valence-corrected chi connectivity index (χ0v) is 15.0. The van der Waals surface area contributed by atoms with Crippen molar-refractivity contribution in [1.29, 1.82) is 0 Å². The standard InChI is InChI=1S/C22H21NO4/c1-26-21-12-11-17(22(24)25)13-19(21)23-14-18-9-5-6-10-20(18)27-15-16-7-3-2-4-8-16/h2-13,23H,14-15H2,1H3,(H,24,25). The van der Waals surface area contributed by atoms with Crippen LogP contribution in [0.1, 0.15) is 21.5 Å². The number of nitrogens with one attached hydrogen (secondary N) is 1. The van der Waals surface area contributed by atoms with Crippen LogP contribution in [-0.2, 0) is 13.2 Å². The fraction of sp³-hybridized carbons (Fsp3) is 0.136. The summed E-state index contributed by atoms with van der Waals surface area (Å²) in [6.45, 7) is 0.958. The molecule has 0 bridgehead atoms. The second-order valence-electron chi connectivity index (χ2n) is 5.96. The van der Waals surface area contributed by atoms with Gasteiger partial charge in [0.2, 0.25) is 0 Å². The number of methoxy groups -OCH3 is 1. The van der Waals surface area contributed by atoms with Crippen LogP contribution in [0.4, 0.5) is 5.69 Å². The van der Waals surface area contributed by atoms with Gasteiger partial charge in [-0.25, -0.2) is 4.79 Å². The maximum Gasteiger partial charge on any atom is 0.335 e. The van der Waals surface area contributed by atoms with E-state index >= 15 is 0 Å². The molecule has 0 aromatic heterocycles. The first-order valence-corrected chi connectivity index (χ1v) is 8.57. The third-order valence-electron chi connectivity index (χ3n) is 4.13. The molecule has 0 radical (unpaired) electrons. The Bertz CT molecular complexity index is 909. The average Bonchev–Trinajstić information content (AvgIpc) is 2.71. The minimum atomic E-state index is -0.979. The molecular formula is C22H21NO4. The topological polar surface area (TPSA) is 67.8 Å². The second-order valence-corrected chi connectivity index (χ2v) is 5.96. The van der Waals surface area contributed by atoms with E-state index in [4.69, 9.17) is 9.47 Å². The predicted octanol–water partition coefficient (Wildman–Crippen LogP) is 4.58. The SMILES string of the molecule is COc1ccc(C(=O)O)cc1NCc1ccccc1OCc1ccccc1. The molecule has 27 heavy (non-hydrogen) atoms. The first kappa shape index (κ1) is 18.3. The van der Waals surface area contributed by atoms with Crippen LogP contribution in [0.5, 0.6) is 11.5 Å². The quantitative estimate of drug-likeness (QED) is 0.613. The number of carbonyl (C=O) groups is 1. The Morgan fingerprint density at radius 2 is 1.70 bits per heavy atom. The summed E-state index contributed by atoms with van der Waals surface area (Å²) in [6, 6.07) is 22.5. The minimum absolute atomic E-state index is 0.201. The van der Waals surface area contributed by atoms with E-state index in [9.17, 15) is 9.90 Å². The van der Waals surface area contributed by atoms with Crippen molar-refractivity contribution in [3.05, 3.63) is 89.5 Å². The largest absolute Gasteiger partial charge is 0.495 e. The van der Waals surface area contributed by atoms with Crippen molar-refractivity contribution < 1.29 is 19.4 Å². The first-order valence-electron chi connectivity index (χ1n) is 8.57. The lowest BCUT2D eigenvalue weighted by atomic mass is 10.1. The zero-order chi connectivity index (χ0) is 19.1. The summed E-state index contributed by atoms with van der Waals surface area (Å²) in [6.07, 6.45) is 0. The molecule has 5 heteroatoms. The molecule has 0 aliphatic heterocycles. The highest BCUT2D eigenvalue weighted by Gasteiger charge is 2.10. The van der Waals surface area contributed by atoms with E-state index < -0.39 is 5.97 Å². The molecule has 3 aromatic carbocycles. The number of hydrogen-bond acceptors (Lipinski definition) is 4. The molecule has 0 atom stereocenters. The van der Waals surface area contributed by atoms with E-state index in [1.807, 2.05) is 54.6 Å². The van der Waals surface area contributed by atoms with Gasteiger partial charge in [-0.3, -0.25) is 0 Å². The van der Waals surface area contributed by atoms with E-state index in [-0.39, 0.29) is 5.56 Å². The van der Waals surface area contributed by atoms with Gasteiger partial charge in [0, 0.05) is 12.1 Å². The maximum absolute atomic E-state index is 11.2. The van der Waals surface area contributed by atoms with Crippen molar-refractivity contribution >= 4 is 11.7 Å². The maximum atomic E-state index is 11.2. The lowest BCUT2D eigenvalue weighted by molar-refractivity contribution is 0.0697. The van der Waals surface area contributed by atoms with Crippen LogP contribution in [0.15, 0.2) is 72.8 Å².